The van der Waals surface area contributed by atoms with E-state index in [1.54, 1.807) is 18.9 Å². The first kappa shape index (κ1) is 23.1. The van der Waals surface area contributed by atoms with Crippen LogP contribution < -0.4 is 16.1 Å². The number of aryl methyl sites for hydroxylation is 1. The van der Waals surface area contributed by atoms with Gasteiger partial charge in [-0.15, -0.1) is 5.43 Å². The summed E-state index contributed by atoms with van der Waals surface area (Å²) in [5.74, 6) is -0.347. The van der Waals surface area contributed by atoms with Crippen LogP contribution in [0.15, 0.2) is 42.5 Å². The molecule has 0 bridgehead atoms. The van der Waals surface area contributed by atoms with E-state index < -0.39 is 24.4 Å². The molecule has 6 rings (SSSR count). The topological polar surface area (TPSA) is 103 Å². The van der Waals surface area contributed by atoms with Crippen molar-refractivity contribution in [2.45, 2.75) is 62.5 Å². The highest BCUT2D eigenvalue weighted by Crippen LogP contribution is 2.51. The summed E-state index contributed by atoms with van der Waals surface area (Å²) in [7, 11) is 1.71. The van der Waals surface area contributed by atoms with Crippen molar-refractivity contribution in [1.82, 2.24) is 21.0 Å². The number of amides is 2. The summed E-state index contributed by atoms with van der Waals surface area (Å²) < 4.78 is 6.24. The molecule has 6 atom stereocenters. The lowest BCUT2D eigenvalue weighted by Gasteiger charge is -2.36. The summed E-state index contributed by atoms with van der Waals surface area (Å²) in [6.07, 6.45) is 1.66. The Hall–Kier alpha value is -3.30. The van der Waals surface area contributed by atoms with Crippen LogP contribution in [0, 0.1) is 4.91 Å². The maximum absolute atomic E-state index is 13.9. The van der Waals surface area contributed by atoms with Crippen LogP contribution in [0.3, 0.4) is 0 Å². The van der Waals surface area contributed by atoms with Gasteiger partial charge in [-0.05, 0) is 49.1 Å². The molecule has 9 nitrogen and oxygen atoms in total. The maximum Gasteiger partial charge on any atom is 0.249 e. The number of ether oxygens (including phenoxy) is 1. The quantitative estimate of drug-likeness (QED) is 0.570. The lowest BCUT2D eigenvalue weighted by molar-refractivity contribution is -0.620. The predicted octanol–water partition coefficient (Wildman–Crippen LogP) is 2.15. The third kappa shape index (κ3) is 3.60. The minimum Gasteiger partial charge on any atom is -0.354 e. The average Bonchev–Trinajstić information content (AvgIpc) is 3.09. The van der Waals surface area contributed by atoms with Gasteiger partial charge in [0.15, 0.2) is 6.23 Å². The molecule has 0 saturated carbocycles. The van der Waals surface area contributed by atoms with Gasteiger partial charge in [-0.2, -0.15) is 0 Å². The summed E-state index contributed by atoms with van der Waals surface area (Å²) in [6, 6.07) is 12.8. The smallest absolute Gasteiger partial charge is 0.249 e. The first-order chi connectivity index (χ1) is 17.5. The van der Waals surface area contributed by atoms with E-state index in [1.807, 2.05) is 24.3 Å². The summed E-state index contributed by atoms with van der Waals surface area (Å²) >= 11 is 0. The number of carbonyl (C=O) groups excluding carboxylic acids is 2. The van der Waals surface area contributed by atoms with Gasteiger partial charge in [0.2, 0.25) is 18.4 Å². The first-order valence-electron chi connectivity index (χ1n) is 12.8. The minimum absolute atomic E-state index is 0.0780. The van der Waals surface area contributed by atoms with Crippen molar-refractivity contribution in [2.75, 3.05) is 20.2 Å². The molecule has 1 fully saturated rings. The Bertz CT molecular complexity index is 1230. The second-order valence-electron chi connectivity index (χ2n) is 10.2. The second-order valence-corrected chi connectivity index (χ2v) is 10.2. The van der Waals surface area contributed by atoms with Crippen LogP contribution in [-0.2, 0) is 20.7 Å². The molecule has 0 aromatic heterocycles. The van der Waals surface area contributed by atoms with E-state index in [1.165, 1.54) is 11.1 Å². The van der Waals surface area contributed by atoms with Crippen LogP contribution in [0.4, 0.5) is 0 Å². The number of likely N-dealkylation sites (N-methyl/N-ethyl adjacent to an activating group) is 1. The van der Waals surface area contributed by atoms with Crippen LogP contribution in [0.2, 0.25) is 0 Å². The Balaban J connectivity index is 1.40. The molecule has 1 saturated heterocycles. The van der Waals surface area contributed by atoms with Crippen molar-refractivity contribution in [2.24, 2.45) is 0 Å². The monoisotopic (exact) mass is 490 g/mol. The highest BCUT2D eigenvalue weighted by molar-refractivity contribution is 5.90. The van der Waals surface area contributed by atoms with Gasteiger partial charge >= 0.3 is 0 Å². The first-order valence-corrected chi connectivity index (χ1v) is 12.8. The van der Waals surface area contributed by atoms with Gasteiger partial charge in [-0.1, -0.05) is 42.5 Å². The summed E-state index contributed by atoms with van der Waals surface area (Å²) in [5, 5.41) is 5.80. The number of hydrogen-bond acceptors (Lipinski definition) is 5. The molecule has 2 amide bonds. The van der Waals surface area contributed by atoms with Gasteiger partial charge in [0.1, 0.15) is 23.0 Å². The number of nitrogens with zero attached hydrogens (tertiary/aromatic N) is 2. The molecule has 0 radical (unpaired) electrons. The fraction of sp³-hybridized carbons (Fsp3) is 0.481. The number of nitrogens with one attached hydrogen (secondary N) is 3. The Morgan fingerprint density at radius 1 is 1.14 bits per heavy atom. The normalized spacial score (nSPS) is 29.4. The van der Waals surface area contributed by atoms with Gasteiger partial charge in [0, 0.05) is 17.9 Å². The second kappa shape index (κ2) is 8.97. The molecule has 9 heteroatoms. The number of carbonyl (C=O) groups is 2. The summed E-state index contributed by atoms with van der Waals surface area (Å²) in [4.78, 5) is 42.3. The Morgan fingerprint density at radius 3 is 2.75 bits per heavy atom. The molecule has 6 unspecified atom stereocenters. The number of rotatable bonds is 3. The Morgan fingerprint density at radius 2 is 1.92 bits per heavy atom. The standard InChI is InChI=1S/C27H31N5O4/c1-15(28-2)25(33)29-21-12-13-36-27-20-9-5-8-18-19-11-10-16-6-3-4-7-17(16)24(19)30-31(35)14-22(23(18)20)32(27)26(21)34/h3-9,15,19,21-22,24,27-28H,10-14H2,1-2H3,(H-,29,30,33,35)/p+1. The van der Waals surface area contributed by atoms with E-state index in [-0.39, 0.29) is 30.3 Å². The van der Waals surface area contributed by atoms with E-state index in [9.17, 15) is 14.5 Å². The molecule has 4 aliphatic rings. The highest BCUT2D eigenvalue weighted by atomic mass is 16.5. The van der Waals surface area contributed by atoms with Gasteiger partial charge in [0.25, 0.3) is 0 Å². The molecule has 1 aliphatic carbocycles. The molecular formula is C27H32N5O4+. The van der Waals surface area contributed by atoms with Crippen molar-refractivity contribution in [3.8, 4) is 0 Å². The molecule has 3 aliphatic heterocycles. The van der Waals surface area contributed by atoms with Crippen molar-refractivity contribution >= 4 is 11.8 Å². The number of benzene rings is 2. The van der Waals surface area contributed by atoms with Crippen LogP contribution in [-0.4, -0.2) is 53.9 Å². The zero-order chi connectivity index (χ0) is 25.0. The molecule has 2 aromatic carbocycles. The fourth-order valence-corrected chi connectivity index (χ4v) is 6.38. The zero-order valence-electron chi connectivity index (χ0n) is 20.6. The maximum atomic E-state index is 13.9. The van der Waals surface area contributed by atoms with Crippen molar-refractivity contribution in [3.05, 3.63) is 75.2 Å². The molecule has 0 spiro atoms. The molecule has 188 valence electrons. The number of hydrogen-bond donors (Lipinski definition) is 3. The number of nitroso groups, excluding NO2 is 1. The van der Waals surface area contributed by atoms with Crippen LogP contribution >= 0.6 is 0 Å². The largest absolute Gasteiger partial charge is 0.354 e. The average molecular weight is 491 g/mol. The van der Waals surface area contributed by atoms with Gasteiger partial charge in [0.05, 0.1) is 17.6 Å². The Kier molecular flexibility index (Phi) is 5.76. The third-order valence-corrected chi connectivity index (χ3v) is 8.28. The van der Waals surface area contributed by atoms with Crippen LogP contribution in [0.5, 0.6) is 0 Å². The molecular weight excluding hydrogens is 458 g/mol. The van der Waals surface area contributed by atoms with E-state index >= 15 is 0 Å². The predicted molar refractivity (Wildman–Crippen MR) is 132 cm³/mol. The number of hydrazine groups is 1. The third-order valence-electron chi connectivity index (χ3n) is 8.28. The van der Waals surface area contributed by atoms with Gasteiger partial charge in [-0.25, -0.2) is 0 Å². The fourth-order valence-electron chi connectivity index (χ4n) is 6.38. The van der Waals surface area contributed by atoms with Gasteiger partial charge < -0.3 is 15.4 Å². The molecule has 2 aromatic rings. The van der Waals surface area contributed by atoms with Crippen molar-refractivity contribution in [3.63, 3.8) is 0 Å². The lowest BCUT2D eigenvalue weighted by Crippen LogP contribution is -2.53. The van der Waals surface area contributed by atoms with Crippen molar-refractivity contribution in [1.29, 1.82) is 0 Å². The van der Waals surface area contributed by atoms with Gasteiger partial charge in [-0.3, -0.25) is 14.5 Å². The van der Waals surface area contributed by atoms with E-state index in [0.29, 0.717) is 13.0 Å². The molecule has 3 heterocycles. The van der Waals surface area contributed by atoms with E-state index in [4.69, 9.17) is 4.74 Å². The SMILES string of the molecule is CNC(C)C(=O)NC1CCOC2c3cccc4c3C(C[N+](=O)NC3c5ccccc5CCC43)N2C1=O. The summed E-state index contributed by atoms with van der Waals surface area (Å²) in [5.41, 5.74) is 8.80. The Labute approximate surface area is 210 Å². The lowest BCUT2D eigenvalue weighted by atomic mass is 9.74. The minimum atomic E-state index is -0.705. The molecule has 3 N–H and O–H groups in total. The number of fused-ring (bicyclic) bond motifs is 7. The highest BCUT2D eigenvalue weighted by Gasteiger charge is 2.52. The van der Waals surface area contributed by atoms with Crippen LogP contribution in [0.25, 0.3) is 0 Å². The van der Waals surface area contributed by atoms with Crippen LogP contribution in [0.1, 0.15) is 71.8 Å². The molecule has 36 heavy (non-hydrogen) atoms. The zero-order valence-corrected chi connectivity index (χ0v) is 20.6. The van der Waals surface area contributed by atoms with E-state index in [0.717, 1.165) is 34.4 Å². The summed E-state index contributed by atoms with van der Waals surface area (Å²) in [6.45, 7) is 2.16. The van der Waals surface area contributed by atoms with E-state index in [2.05, 4.69) is 34.3 Å². The van der Waals surface area contributed by atoms with Crippen molar-refractivity contribution < 1.29 is 19.2 Å².